The van der Waals surface area contributed by atoms with Crippen molar-refractivity contribution in [3.63, 3.8) is 0 Å². The van der Waals surface area contributed by atoms with Gasteiger partial charge in [0.15, 0.2) is 0 Å². The second-order valence-corrected chi connectivity index (χ2v) is 4.93. The fourth-order valence-corrected chi connectivity index (χ4v) is 2.02. The van der Waals surface area contributed by atoms with Gasteiger partial charge in [0, 0.05) is 18.2 Å². The molecular formula is C13H21N3O2. The topological polar surface area (TPSA) is 81.2 Å². The fourth-order valence-electron chi connectivity index (χ4n) is 2.02. The minimum absolute atomic E-state index is 0.0606. The van der Waals surface area contributed by atoms with Crippen molar-refractivity contribution in [2.75, 3.05) is 11.9 Å². The normalized spacial score (nSPS) is 12.5. The third-order valence-electron chi connectivity index (χ3n) is 2.82. The molecule has 100 valence electrons. The molecule has 5 nitrogen and oxygen atoms in total. The number of hydrogen-bond acceptors (Lipinski definition) is 4. The fraction of sp³-hybridized carbons (Fsp3) is 0.538. The summed E-state index contributed by atoms with van der Waals surface area (Å²) in [6, 6.07) is 5.34. The number of rotatable bonds is 6. The highest BCUT2D eigenvalue weighted by atomic mass is 16.6. The van der Waals surface area contributed by atoms with E-state index in [4.69, 9.17) is 5.73 Å². The van der Waals surface area contributed by atoms with Gasteiger partial charge in [0.2, 0.25) is 0 Å². The van der Waals surface area contributed by atoms with Gasteiger partial charge in [0.25, 0.3) is 5.69 Å². The Morgan fingerprint density at radius 1 is 1.44 bits per heavy atom. The zero-order valence-electron chi connectivity index (χ0n) is 11.1. The molecule has 1 atom stereocenters. The number of nitro benzene ring substituents is 1. The number of nitrogens with one attached hydrogen (secondary N) is 1. The molecule has 0 heterocycles. The van der Waals surface area contributed by atoms with Crippen LogP contribution in [0.2, 0.25) is 0 Å². The van der Waals surface area contributed by atoms with Crippen LogP contribution in [-0.2, 0) is 0 Å². The standard InChI is InChI=1S/C13H21N3O2/c1-9(2)7-11(8-14)15-12-6-4-5-10(3)13(12)16(17)18/h4-6,9,11,15H,7-8,14H2,1-3H3. The van der Waals surface area contributed by atoms with Crippen molar-refractivity contribution in [3.05, 3.63) is 33.9 Å². The van der Waals surface area contributed by atoms with Gasteiger partial charge in [-0.1, -0.05) is 26.0 Å². The Hall–Kier alpha value is -1.62. The number of nitro groups is 1. The van der Waals surface area contributed by atoms with Crippen LogP contribution in [0.4, 0.5) is 11.4 Å². The summed E-state index contributed by atoms with van der Waals surface area (Å²) in [7, 11) is 0. The molecule has 1 unspecified atom stereocenters. The largest absolute Gasteiger partial charge is 0.375 e. The second-order valence-electron chi connectivity index (χ2n) is 4.93. The minimum atomic E-state index is -0.347. The first-order valence-electron chi connectivity index (χ1n) is 6.16. The molecule has 0 bridgehead atoms. The maximum absolute atomic E-state index is 11.1. The zero-order chi connectivity index (χ0) is 13.7. The SMILES string of the molecule is Cc1cccc(NC(CN)CC(C)C)c1[N+](=O)[O-]. The number of aryl methyl sites for hydroxylation is 1. The van der Waals surface area contributed by atoms with Gasteiger partial charge in [-0.25, -0.2) is 0 Å². The van der Waals surface area contributed by atoms with Gasteiger partial charge in [-0.3, -0.25) is 10.1 Å². The van der Waals surface area contributed by atoms with Crippen LogP contribution in [0.3, 0.4) is 0 Å². The number of nitrogens with two attached hydrogens (primary N) is 1. The third-order valence-corrected chi connectivity index (χ3v) is 2.82. The quantitative estimate of drug-likeness (QED) is 0.601. The lowest BCUT2D eigenvalue weighted by molar-refractivity contribution is -0.384. The van der Waals surface area contributed by atoms with Gasteiger partial charge in [-0.2, -0.15) is 0 Å². The van der Waals surface area contributed by atoms with E-state index in [1.54, 1.807) is 19.1 Å². The molecule has 0 aliphatic heterocycles. The Morgan fingerprint density at radius 2 is 2.11 bits per heavy atom. The first kappa shape index (κ1) is 14.4. The van der Waals surface area contributed by atoms with E-state index >= 15 is 0 Å². The summed E-state index contributed by atoms with van der Waals surface area (Å²) in [5.74, 6) is 0.495. The molecule has 1 aromatic rings. The predicted molar refractivity (Wildman–Crippen MR) is 73.8 cm³/mol. The molecule has 1 aromatic carbocycles. The van der Waals surface area contributed by atoms with E-state index in [0.717, 1.165) is 6.42 Å². The summed E-state index contributed by atoms with van der Waals surface area (Å²) in [4.78, 5) is 10.7. The number of nitrogens with zero attached hydrogens (tertiary/aromatic N) is 1. The lowest BCUT2D eigenvalue weighted by atomic mass is 10.0. The minimum Gasteiger partial charge on any atom is -0.375 e. The second kappa shape index (κ2) is 6.35. The van der Waals surface area contributed by atoms with E-state index < -0.39 is 0 Å². The lowest BCUT2D eigenvalue weighted by Crippen LogP contribution is -2.30. The van der Waals surface area contributed by atoms with Gasteiger partial charge < -0.3 is 11.1 Å². The summed E-state index contributed by atoms with van der Waals surface area (Å²) in [6.45, 7) is 6.41. The zero-order valence-corrected chi connectivity index (χ0v) is 11.1. The van der Waals surface area contributed by atoms with Crippen LogP contribution in [-0.4, -0.2) is 17.5 Å². The summed E-state index contributed by atoms with van der Waals surface area (Å²) in [5.41, 5.74) is 7.05. The molecule has 3 N–H and O–H groups in total. The van der Waals surface area contributed by atoms with Crippen LogP contribution in [0.1, 0.15) is 25.8 Å². The van der Waals surface area contributed by atoms with Crippen LogP contribution in [0.15, 0.2) is 18.2 Å². The molecule has 0 radical (unpaired) electrons. The Kier molecular flexibility index (Phi) is 5.09. The van der Waals surface area contributed by atoms with E-state index in [2.05, 4.69) is 19.2 Å². The van der Waals surface area contributed by atoms with E-state index in [-0.39, 0.29) is 16.7 Å². The summed E-state index contributed by atoms with van der Waals surface area (Å²) < 4.78 is 0. The van der Waals surface area contributed by atoms with Gasteiger partial charge in [0.1, 0.15) is 5.69 Å². The molecule has 1 rings (SSSR count). The van der Waals surface area contributed by atoms with Crippen LogP contribution < -0.4 is 11.1 Å². The van der Waals surface area contributed by atoms with Crippen molar-refractivity contribution in [3.8, 4) is 0 Å². The lowest BCUT2D eigenvalue weighted by Gasteiger charge is -2.20. The van der Waals surface area contributed by atoms with E-state index in [9.17, 15) is 10.1 Å². The number of para-hydroxylation sites is 1. The Bertz CT molecular complexity index is 419. The van der Waals surface area contributed by atoms with Gasteiger partial charge in [-0.05, 0) is 25.3 Å². The Morgan fingerprint density at radius 3 is 2.61 bits per heavy atom. The van der Waals surface area contributed by atoms with Crippen molar-refractivity contribution in [1.82, 2.24) is 0 Å². The highest BCUT2D eigenvalue weighted by molar-refractivity contribution is 5.65. The molecule has 0 aliphatic carbocycles. The van der Waals surface area contributed by atoms with Crippen molar-refractivity contribution >= 4 is 11.4 Å². The van der Waals surface area contributed by atoms with Crippen molar-refractivity contribution < 1.29 is 4.92 Å². The van der Waals surface area contributed by atoms with E-state index in [0.29, 0.717) is 23.7 Å². The highest BCUT2D eigenvalue weighted by Crippen LogP contribution is 2.28. The van der Waals surface area contributed by atoms with Crippen molar-refractivity contribution in [2.24, 2.45) is 11.7 Å². The molecule has 0 aromatic heterocycles. The smallest absolute Gasteiger partial charge is 0.295 e. The molecule has 0 fully saturated rings. The van der Waals surface area contributed by atoms with E-state index in [1.165, 1.54) is 0 Å². The van der Waals surface area contributed by atoms with Crippen LogP contribution >= 0.6 is 0 Å². The molecule has 0 saturated heterocycles. The van der Waals surface area contributed by atoms with Crippen molar-refractivity contribution in [1.29, 1.82) is 0 Å². The summed E-state index contributed by atoms with van der Waals surface area (Å²) >= 11 is 0. The maximum atomic E-state index is 11.1. The van der Waals surface area contributed by atoms with Crippen LogP contribution in [0.5, 0.6) is 0 Å². The van der Waals surface area contributed by atoms with Crippen LogP contribution in [0, 0.1) is 23.0 Å². The molecule has 18 heavy (non-hydrogen) atoms. The first-order valence-corrected chi connectivity index (χ1v) is 6.16. The van der Waals surface area contributed by atoms with Crippen LogP contribution in [0.25, 0.3) is 0 Å². The van der Waals surface area contributed by atoms with Crippen molar-refractivity contribution in [2.45, 2.75) is 33.2 Å². The predicted octanol–water partition coefficient (Wildman–Crippen LogP) is 2.69. The average Bonchev–Trinajstić information content (AvgIpc) is 2.27. The summed E-state index contributed by atoms with van der Waals surface area (Å²) in [5, 5.41) is 14.3. The molecular weight excluding hydrogens is 230 g/mol. The monoisotopic (exact) mass is 251 g/mol. The van der Waals surface area contributed by atoms with E-state index in [1.807, 2.05) is 6.07 Å². The van der Waals surface area contributed by atoms with Gasteiger partial charge >= 0.3 is 0 Å². The maximum Gasteiger partial charge on any atom is 0.295 e. The van der Waals surface area contributed by atoms with Gasteiger partial charge in [0.05, 0.1) is 4.92 Å². The molecule has 0 spiro atoms. The molecule has 0 saturated carbocycles. The number of benzene rings is 1. The van der Waals surface area contributed by atoms with Gasteiger partial charge in [-0.15, -0.1) is 0 Å². The Labute approximate surface area is 108 Å². The Balaban J connectivity index is 2.95. The number of hydrogen-bond donors (Lipinski definition) is 2. The third kappa shape index (κ3) is 3.70. The molecule has 5 heteroatoms. The molecule has 0 amide bonds. The highest BCUT2D eigenvalue weighted by Gasteiger charge is 2.19. The first-order chi connectivity index (χ1) is 8.45. The number of anilines is 1. The molecule has 0 aliphatic rings. The summed E-state index contributed by atoms with van der Waals surface area (Å²) in [6.07, 6.45) is 0.890. The average molecular weight is 251 g/mol.